The summed E-state index contributed by atoms with van der Waals surface area (Å²) in [7, 11) is 0. The standard InChI is InChI=1S/C12H11ClN2O2S/c1-18-7-8-4-5-10(17-8)12(16)15-11-9(13)3-2-6-14-11/h2-6H,7H2,1H3,(H,14,15,16). The van der Waals surface area contributed by atoms with E-state index in [0.717, 1.165) is 11.5 Å². The van der Waals surface area contributed by atoms with Crippen molar-refractivity contribution in [2.45, 2.75) is 5.75 Å². The van der Waals surface area contributed by atoms with Crippen molar-refractivity contribution in [1.29, 1.82) is 0 Å². The van der Waals surface area contributed by atoms with Gasteiger partial charge in [0, 0.05) is 6.20 Å². The van der Waals surface area contributed by atoms with E-state index >= 15 is 0 Å². The maximum Gasteiger partial charge on any atom is 0.292 e. The average Bonchev–Trinajstić information content (AvgIpc) is 2.81. The number of furan rings is 1. The van der Waals surface area contributed by atoms with Crippen molar-refractivity contribution in [3.05, 3.63) is 47.0 Å². The van der Waals surface area contributed by atoms with E-state index in [1.807, 2.05) is 6.26 Å². The van der Waals surface area contributed by atoms with Gasteiger partial charge in [-0.3, -0.25) is 4.79 Å². The molecule has 0 unspecified atom stereocenters. The number of hydrogen-bond donors (Lipinski definition) is 1. The number of amides is 1. The summed E-state index contributed by atoms with van der Waals surface area (Å²) >= 11 is 7.53. The highest BCUT2D eigenvalue weighted by Gasteiger charge is 2.13. The van der Waals surface area contributed by atoms with Crippen LogP contribution in [0.2, 0.25) is 5.02 Å². The Kier molecular flexibility index (Phi) is 4.28. The second-order valence-electron chi connectivity index (χ2n) is 3.49. The third kappa shape index (κ3) is 3.05. The highest BCUT2D eigenvalue weighted by atomic mass is 35.5. The summed E-state index contributed by atoms with van der Waals surface area (Å²) in [6.07, 6.45) is 3.53. The first-order valence-electron chi connectivity index (χ1n) is 5.20. The van der Waals surface area contributed by atoms with Gasteiger partial charge in [0.2, 0.25) is 0 Å². The molecule has 2 heterocycles. The smallest absolute Gasteiger partial charge is 0.292 e. The molecule has 2 aromatic heterocycles. The summed E-state index contributed by atoms with van der Waals surface area (Å²) in [5.74, 6) is 1.72. The molecule has 0 radical (unpaired) electrons. The quantitative estimate of drug-likeness (QED) is 0.933. The number of halogens is 1. The number of anilines is 1. The van der Waals surface area contributed by atoms with Crippen molar-refractivity contribution >= 4 is 35.1 Å². The van der Waals surface area contributed by atoms with Crippen LogP contribution in [0.4, 0.5) is 5.82 Å². The van der Waals surface area contributed by atoms with E-state index in [4.69, 9.17) is 16.0 Å². The molecule has 2 aromatic rings. The van der Waals surface area contributed by atoms with E-state index in [2.05, 4.69) is 10.3 Å². The van der Waals surface area contributed by atoms with Crippen LogP contribution in [-0.4, -0.2) is 17.1 Å². The second-order valence-corrected chi connectivity index (χ2v) is 4.76. The molecule has 0 saturated heterocycles. The van der Waals surface area contributed by atoms with Gasteiger partial charge in [-0.1, -0.05) is 11.6 Å². The lowest BCUT2D eigenvalue weighted by Crippen LogP contribution is -2.12. The number of nitrogens with one attached hydrogen (secondary N) is 1. The van der Waals surface area contributed by atoms with Gasteiger partial charge in [0.1, 0.15) is 5.76 Å². The average molecular weight is 283 g/mol. The molecule has 6 heteroatoms. The molecule has 1 N–H and O–H groups in total. The van der Waals surface area contributed by atoms with Crippen molar-refractivity contribution in [2.24, 2.45) is 0 Å². The molecule has 0 aliphatic carbocycles. The second kappa shape index (κ2) is 5.93. The highest BCUT2D eigenvalue weighted by Crippen LogP contribution is 2.19. The Morgan fingerprint density at radius 1 is 1.50 bits per heavy atom. The van der Waals surface area contributed by atoms with Crippen molar-refractivity contribution in [2.75, 3.05) is 11.6 Å². The minimum absolute atomic E-state index is 0.251. The molecule has 0 bridgehead atoms. The van der Waals surface area contributed by atoms with Gasteiger partial charge in [0.05, 0.1) is 10.8 Å². The monoisotopic (exact) mass is 282 g/mol. The Labute approximate surface area is 114 Å². The topological polar surface area (TPSA) is 55.1 Å². The molecule has 2 rings (SSSR count). The van der Waals surface area contributed by atoms with Crippen LogP contribution in [-0.2, 0) is 5.75 Å². The third-order valence-corrected chi connectivity index (χ3v) is 3.04. The predicted molar refractivity (Wildman–Crippen MR) is 73.1 cm³/mol. The Hall–Kier alpha value is -1.46. The molecule has 0 aliphatic rings. The summed E-state index contributed by atoms with van der Waals surface area (Å²) in [5, 5.41) is 2.99. The third-order valence-electron chi connectivity index (χ3n) is 2.16. The highest BCUT2D eigenvalue weighted by molar-refractivity contribution is 7.97. The molecule has 0 saturated carbocycles. The van der Waals surface area contributed by atoms with Gasteiger partial charge >= 0.3 is 0 Å². The number of carbonyl (C=O) groups excluding carboxylic acids is 1. The normalized spacial score (nSPS) is 10.3. The fraction of sp³-hybridized carbons (Fsp3) is 0.167. The first-order valence-corrected chi connectivity index (χ1v) is 6.97. The maximum atomic E-state index is 11.9. The van der Waals surface area contributed by atoms with Crippen molar-refractivity contribution in [3.8, 4) is 0 Å². The van der Waals surface area contributed by atoms with Crippen LogP contribution >= 0.6 is 23.4 Å². The fourth-order valence-electron chi connectivity index (χ4n) is 1.37. The lowest BCUT2D eigenvalue weighted by Gasteiger charge is -2.03. The van der Waals surface area contributed by atoms with E-state index in [1.165, 1.54) is 0 Å². The van der Waals surface area contributed by atoms with Crippen LogP contribution in [0.3, 0.4) is 0 Å². The van der Waals surface area contributed by atoms with Crippen molar-refractivity contribution in [1.82, 2.24) is 4.98 Å². The minimum atomic E-state index is -0.358. The summed E-state index contributed by atoms with van der Waals surface area (Å²) < 4.78 is 5.39. The Morgan fingerprint density at radius 3 is 3.06 bits per heavy atom. The van der Waals surface area contributed by atoms with Gasteiger partial charge in [-0.2, -0.15) is 11.8 Å². The summed E-state index contributed by atoms with van der Waals surface area (Å²) in [5.41, 5.74) is 0. The molecule has 18 heavy (non-hydrogen) atoms. The molecular weight excluding hydrogens is 272 g/mol. The summed E-state index contributed by atoms with van der Waals surface area (Å²) in [6, 6.07) is 6.77. The first-order chi connectivity index (χ1) is 8.70. The Bertz CT molecular complexity index is 557. The molecular formula is C12H11ClN2O2S. The summed E-state index contributed by atoms with van der Waals surface area (Å²) in [4.78, 5) is 15.9. The molecule has 0 spiro atoms. The molecule has 0 aliphatic heterocycles. The van der Waals surface area contributed by atoms with Crippen LogP contribution < -0.4 is 5.32 Å². The van der Waals surface area contributed by atoms with E-state index in [0.29, 0.717) is 10.8 Å². The van der Waals surface area contributed by atoms with Crippen LogP contribution in [0.5, 0.6) is 0 Å². The fourth-order valence-corrected chi connectivity index (χ4v) is 1.98. The number of aromatic nitrogens is 1. The van der Waals surface area contributed by atoms with Crippen molar-refractivity contribution in [3.63, 3.8) is 0 Å². The molecule has 0 aromatic carbocycles. The number of hydrogen-bond acceptors (Lipinski definition) is 4. The zero-order valence-corrected chi connectivity index (χ0v) is 11.2. The molecule has 0 fully saturated rings. The first kappa shape index (κ1) is 13.0. The lowest BCUT2D eigenvalue weighted by molar-refractivity contribution is 0.0995. The number of pyridine rings is 1. The Balaban J connectivity index is 2.10. The van der Waals surface area contributed by atoms with Crippen LogP contribution in [0.15, 0.2) is 34.9 Å². The van der Waals surface area contributed by atoms with E-state index in [-0.39, 0.29) is 11.7 Å². The van der Waals surface area contributed by atoms with Gasteiger partial charge in [0.15, 0.2) is 11.6 Å². The number of carbonyl (C=O) groups is 1. The van der Waals surface area contributed by atoms with Crippen molar-refractivity contribution < 1.29 is 9.21 Å². The largest absolute Gasteiger partial charge is 0.455 e. The zero-order chi connectivity index (χ0) is 13.0. The molecule has 1 amide bonds. The van der Waals surface area contributed by atoms with E-state index in [9.17, 15) is 4.79 Å². The van der Waals surface area contributed by atoms with E-state index in [1.54, 1.807) is 42.2 Å². The zero-order valence-electron chi connectivity index (χ0n) is 9.64. The number of thioether (sulfide) groups is 1. The summed E-state index contributed by atoms with van der Waals surface area (Å²) in [6.45, 7) is 0. The van der Waals surface area contributed by atoms with E-state index < -0.39 is 0 Å². The molecule has 4 nitrogen and oxygen atoms in total. The minimum Gasteiger partial charge on any atom is -0.455 e. The molecule has 0 atom stereocenters. The van der Waals surface area contributed by atoms with Gasteiger partial charge in [-0.05, 0) is 30.5 Å². The van der Waals surface area contributed by atoms with Gasteiger partial charge in [-0.15, -0.1) is 0 Å². The number of nitrogens with zero attached hydrogens (tertiary/aromatic N) is 1. The Morgan fingerprint density at radius 2 is 2.33 bits per heavy atom. The SMILES string of the molecule is CSCc1ccc(C(=O)Nc2ncccc2Cl)o1. The predicted octanol–water partition coefficient (Wildman–Crippen LogP) is 3.44. The maximum absolute atomic E-state index is 11.9. The molecule has 94 valence electrons. The lowest BCUT2D eigenvalue weighted by atomic mass is 10.4. The van der Waals surface area contributed by atoms with Crippen LogP contribution in [0, 0.1) is 0 Å². The van der Waals surface area contributed by atoms with Crippen LogP contribution in [0.1, 0.15) is 16.3 Å². The number of rotatable bonds is 4. The van der Waals surface area contributed by atoms with Gasteiger partial charge < -0.3 is 9.73 Å². The van der Waals surface area contributed by atoms with Gasteiger partial charge in [-0.25, -0.2) is 4.98 Å². The van der Waals surface area contributed by atoms with Gasteiger partial charge in [0.25, 0.3) is 5.91 Å². The van der Waals surface area contributed by atoms with Crippen LogP contribution in [0.25, 0.3) is 0 Å².